The van der Waals surface area contributed by atoms with E-state index in [1.54, 1.807) is 48.5 Å². The van der Waals surface area contributed by atoms with Gasteiger partial charge in [0.05, 0.1) is 24.8 Å². The van der Waals surface area contributed by atoms with E-state index in [2.05, 4.69) is 5.32 Å². The van der Waals surface area contributed by atoms with Gasteiger partial charge in [0.2, 0.25) is 11.8 Å². The molecule has 1 atom stereocenters. The quantitative estimate of drug-likeness (QED) is 0.166. The number of rotatable bonds is 15. The Morgan fingerprint density at radius 2 is 1.45 bits per heavy atom. The third kappa shape index (κ3) is 9.27. The number of para-hydroxylation sites is 1. The minimum absolute atomic E-state index is 0.0189. The van der Waals surface area contributed by atoms with Crippen LogP contribution in [0.15, 0.2) is 108 Å². The third-order valence-electron chi connectivity index (χ3n) is 7.46. The van der Waals surface area contributed by atoms with Gasteiger partial charge in [-0.15, -0.1) is 0 Å². The predicted octanol–water partition coefficient (Wildman–Crippen LogP) is 5.96. The molecule has 4 rings (SSSR count). The van der Waals surface area contributed by atoms with Crippen LogP contribution in [0.2, 0.25) is 5.02 Å². The molecular weight excluding hydrogens is 638 g/mol. The fourth-order valence-electron chi connectivity index (χ4n) is 5.04. The highest BCUT2D eigenvalue weighted by atomic mass is 35.5. The van der Waals surface area contributed by atoms with Gasteiger partial charge < -0.3 is 19.7 Å². The fourth-order valence-corrected chi connectivity index (χ4v) is 6.68. The monoisotopic (exact) mass is 677 g/mol. The van der Waals surface area contributed by atoms with Gasteiger partial charge in [0.15, 0.2) is 11.5 Å². The van der Waals surface area contributed by atoms with Crippen LogP contribution in [-0.4, -0.2) is 58.5 Å². The second-order valence-corrected chi connectivity index (χ2v) is 13.7. The van der Waals surface area contributed by atoms with Crippen LogP contribution >= 0.6 is 11.6 Å². The Morgan fingerprint density at radius 3 is 2.06 bits per heavy atom. The first kappa shape index (κ1) is 35.3. The molecule has 0 aliphatic rings. The molecule has 0 aromatic heterocycles. The molecule has 4 aromatic rings. The van der Waals surface area contributed by atoms with Crippen molar-refractivity contribution in [2.24, 2.45) is 5.92 Å². The molecule has 0 radical (unpaired) electrons. The van der Waals surface area contributed by atoms with Crippen molar-refractivity contribution in [2.75, 3.05) is 31.6 Å². The van der Waals surface area contributed by atoms with Crippen LogP contribution < -0.4 is 19.1 Å². The molecule has 0 heterocycles. The van der Waals surface area contributed by atoms with Gasteiger partial charge in [-0.2, -0.15) is 0 Å². The van der Waals surface area contributed by atoms with Gasteiger partial charge in [-0.05, 0) is 53.4 Å². The highest BCUT2D eigenvalue weighted by molar-refractivity contribution is 7.92. The molecule has 2 amide bonds. The second kappa shape index (κ2) is 16.3. The Hall–Kier alpha value is -4.54. The number of halogens is 1. The number of sulfonamides is 1. The number of nitrogens with one attached hydrogen (secondary N) is 1. The highest BCUT2D eigenvalue weighted by Crippen LogP contribution is 2.32. The molecular formula is C36H40ClN3O6S. The van der Waals surface area contributed by atoms with Gasteiger partial charge in [0, 0.05) is 30.6 Å². The molecule has 9 nitrogen and oxygen atoms in total. The molecule has 0 spiro atoms. The lowest BCUT2D eigenvalue weighted by atomic mass is 10.0. The normalized spacial score (nSPS) is 11.9. The van der Waals surface area contributed by atoms with Crippen molar-refractivity contribution in [3.8, 4) is 11.5 Å². The van der Waals surface area contributed by atoms with E-state index in [-0.39, 0.29) is 41.1 Å². The van der Waals surface area contributed by atoms with E-state index in [0.29, 0.717) is 22.9 Å². The first-order valence-electron chi connectivity index (χ1n) is 15.2. The van der Waals surface area contributed by atoms with Gasteiger partial charge in [-0.3, -0.25) is 13.9 Å². The number of hydrogen-bond donors (Lipinski definition) is 1. The summed E-state index contributed by atoms with van der Waals surface area (Å²) in [5.41, 5.74) is 1.82. The van der Waals surface area contributed by atoms with Gasteiger partial charge >= 0.3 is 0 Å². The molecule has 47 heavy (non-hydrogen) atoms. The lowest BCUT2D eigenvalue weighted by Crippen LogP contribution is -2.53. The maximum absolute atomic E-state index is 14.6. The van der Waals surface area contributed by atoms with E-state index in [4.69, 9.17) is 21.1 Å². The molecule has 248 valence electrons. The lowest BCUT2D eigenvalue weighted by molar-refractivity contribution is -0.140. The number of carbonyl (C=O) groups excluding carboxylic acids is 2. The van der Waals surface area contributed by atoms with Crippen molar-refractivity contribution < 1.29 is 27.5 Å². The molecule has 0 saturated heterocycles. The number of nitrogens with zero attached hydrogens (tertiary/aromatic N) is 2. The smallest absolute Gasteiger partial charge is 0.264 e. The number of amides is 2. The molecule has 0 unspecified atom stereocenters. The standard InChI is InChI=1S/C36H40ClN3O6S/c1-26(2)23-38-36(42)32(21-27-12-7-5-8-13-27)39(24-28-14-11-15-29(37)20-28)35(41)25-40(30-16-9-6-10-17-30)47(43,44)31-18-19-33(45-3)34(22-31)46-4/h5-20,22,26,32H,21,23-25H2,1-4H3,(H,38,42)/t32-/m0/s1. The maximum atomic E-state index is 14.6. The van der Waals surface area contributed by atoms with Crippen LogP contribution in [0, 0.1) is 5.92 Å². The van der Waals surface area contributed by atoms with Crippen LogP contribution in [-0.2, 0) is 32.6 Å². The van der Waals surface area contributed by atoms with Gasteiger partial charge in [-0.25, -0.2) is 8.42 Å². The van der Waals surface area contributed by atoms with E-state index in [0.717, 1.165) is 9.87 Å². The van der Waals surface area contributed by atoms with E-state index in [1.165, 1.54) is 37.3 Å². The van der Waals surface area contributed by atoms with Crippen LogP contribution in [0.25, 0.3) is 0 Å². The number of methoxy groups -OCH3 is 2. The predicted molar refractivity (Wildman–Crippen MR) is 184 cm³/mol. The van der Waals surface area contributed by atoms with Gasteiger partial charge in [0.1, 0.15) is 12.6 Å². The van der Waals surface area contributed by atoms with Crippen molar-refractivity contribution in [3.05, 3.63) is 119 Å². The largest absolute Gasteiger partial charge is 0.493 e. The van der Waals surface area contributed by atoms with Crippen LogP contribution in [0.4, 0.5) is 5.69 Å². The average Bonchev–Trinajstić information content (AvgIpc) is 3.07. The topological polar surface area (TPSA) is 105 Å². The van der Waals surface area contributed by atoms with Crippen molar-refractivity contribution >= 4 is 39.1 Å². The van der Waals surface area contributed by atoms with Crippen LogP contribution in [0.5, 0.6) is 11.5 Å². The zero-order valence-corrected chi connectivity index (χ0v) is 28.5. The minimum atomic E-state index is -4.32. The Morgan fingerprint density at radius 1 is 0.809 bits per heavy atom. The highest BCUT2D eigenvalue weighted by Gasteiger charge is 2.35. The zero-order valence-electron chi connectivity index (χ0n) is 26.9. The molecule has 0 aliphatic heterocycles. The Balaban J connectivity index is 1.80. The molecule has 4 aromatic carbocycles. The van der Waals surface area contributed by atoms with Gasteiger partial charge in [0.25, 0.3) is 10.0 Å². The first-order valence-corrected chi connectivity index (χ1v) is 17.0. The van der Waals surface area contributed by atoms with Crippen LogP contribution in [0.3, 0.4) is 0 Å². The zero-order chi connectivity index (χ0) is 34.0. The molecule has 1 N–H and O–H groups in total. The summed E-state index contributed by atoms with van der Waals surface area (Å²) in [6.07, 6.45) is 0.213. The van der Waals surface area contributed by atoms with Crippen molar-refractivity contribution in [3.63, 3.8) is 0 Å². The summed E-state index contributed by atoms with van der Waals surface area (Å²) in [5, 5.41) is 3.46. The summed E-state index contributed by atoms with van der Waals surface area (Å²) >= 11 is 6.31. The lowest BCUT2D eigenvalue weighted by Gasteiger charge is -2.34. The van der Waals surface area contributed by atoms with Crippen molar-refractivity contribution in [2.45, 2.75) is 37.8 Å². The molecule has 11 heteroatoms. The summed E-state index contributed by atoms with van der Waals surface area (Å²) in [6.45, 7) is 3.82. The number of benzene rings is 4. The molecule has 0 bridgehead atoms. The molecule has 0 saturated carbocycles. The Bertz CT molecular complexity index is 1750. The maximum Gasteiger partial charge on any atom is 0.264 e. The van der Waals surface area contributed by atoms with Crippen molar-refractivity contribution in [1.82, 2.24) is 10.2 Å². The van der Waals surface area contributed by atoms with Crippen molar-refractivity contribution in [1.29, 1.82) is 0 Å². The molecule has 0 fully saturated rings. The number of hydrogen-bond acceptors (Lipinski definition) is 6. The Kier molecular flexibility index (Phi) is 12.3. The summed E-state index contributed by atoms with van der Waals surface area (Å²) in [4.78, 5) is 29.8. The Labute approximate surface area is 282 Å². The van der Waals surface area contributed by atoms with Gasteiger partial charge in [-0.1, -0.05) is 86.1 Å². The third-order valence-corrected chi connectivity index (χ3v) is 9.47. The minimum Gasteiger partial charge on any atom is -0.493 e. The van der Waals surface area contributed by atoms with E-state index in [9.17, 15) is 18.0 Å². The fraction of sp³-hybridized carbons (Fsp3) is 0.278. The van der Waals surface area contributed by atoms with E-state index < -0.39 is 28.5 Å². The number of ether oxygens (including phenoxy) is 2. The molecule has 0 aliphatic carbocycles. The SMILES string of the molecule is COc1ccc(S(=O)(=O)N(CC(=O)N(Cc2cccc(Cl)c2)[C@@H](Cc2ccccc2)C(=O)NCC(C)C)c2ccccc2)cc1OC. The number of anilines is 1. The summed E-state index contributed by atoms with van der Waals surface area (Å²) < 4.78 is 40.3. The summed E-state index contributed by atoms with van der Waals surface area (Å²) in [5.74, 6) is -0.156. The average molecular weight is 678 g/mol. The first-order chi connectivity index (χ1) is 22.5. The number of carbonyl (C=O) groups is 2. The van der Waals surface area contributed by atoms with Crippen LogP contribution in [0.1, 0.15) is 25.0 Å². The van der Waals surface area contributed by atoms with E-state index >= 15 is 0 Å². The summed E-state index contributed by atoms with van der Waals surface area (Å²) in [7, 11) is -1.45. The van der Waals surface area contributed by atoms with E-state index in [1.807, 2.05) is 50.2 Å². The second-order valence-electron chi connectivity index (χ2n) is 11.4. The summed E-state index contributed by atoms with van der Waals surface area (Å²) in [6, 6.07) is 28.1.